The number of rotatable bonds is 5. The number of benzene rings is 1. The van der Waals surface area contributed by atoms with Crippen LogP contribution < -0.4 is 15.4 Å². The number of alkyl halides is 3. The predicted octanol–water partition coefficient (Wildman–Crippen LogP) is 1.86. The Balaban J connectivity index is 1.74. The van der Waals surface area contributed by atoms with Crippen LogP contribution in [0.4, 0.5) is 13.2 Å². The van der Waals surface area contributed by atoms with Crippen LogP contribution in [0.25, 0.3) is 0 Å². The largest absolute Gasteiger partial charge is 0.492 e. The molecule has 0 aromatic heterocycles. The van der Waals surface area contributed by atoms with Crippen molar-refractivity contribution in [2.75, 3.05) is 24.8 Å². The van der Waals surface area contributed by atoms with E-state index in [0.29, 0.717) is 0 Å². The van der Waals surface area contributed by atoms with Crippen molar-refractivity contribution in [1.82, 2.24) is 10.6 Å². The van der Waals surface area contributed by atoms with Gasteiger partial charge < -0.3 is 10.1 Å². The number of halogens is 3. The summed E-state index contributed by atoms with van der Waals surface area (Å²) in [6.45, 7) is 0.366. The highest BCUT2D eigenvalue weighted by molar-refractivity contribution is 7.99. The summed E-state index contributed by atoms with van der Waals surface area (Å²) in [6.07, 6.45) is -4.39. The second-order valence-corrected chi connectivity index (χ2v) is 5.47. The highest BCUT2D eigenvalue weighted by atomic mass is 32.2. The molecule has 4 nitrogen and oxygen atoms in total. The van der Waals surface area contributed by atoms with Gasteiger partial charge in [0.2, 0.25) is 5.91 Å². The Morgan fingerprint density at radius 2 is 2.29 bits per heavy atom. The lowest BCUT2D eigenvalue weighted by molar-refractivity contribution is -0.137. The molecule has 0 radical (unpaired) electrons. The molecule has 1 unspecified atom stereocenters. The van der Waals surface area contributed by atoms with Gasteiger partial charge in [-0.1, -0.05) is 6.07 Å². The van der Waals surface area contributed by atoms with E-state index in [9.17, 15) is 18.0 Å². The monoisotopic (exact) mass is 320 g/mol. The van der Waals surface area contributed by atoms with Gasteiger partial charge in [-0.15, -0.1) is 11.8 Å². The number of carbonyl (C=O) groups is 1. The number of hydrogen-bond donors (Lipinski definition) is 2. The molecule has 116 valence electrons. The average molecular weight is 320 g/mol. The Hall–Kier alpha value is -1.41. The van der Waals surface area contributed by atoms with Gasteiger partial charge in [0, 0.05) is 11.6 Å². The summed E-state index contributed by atoms with van der Waals surface area (Å²) in [6, 6.07) is 4.46. The molecule has 1 aromatic carbocycles. The Labute approximate surface area is 124 Å². The third kappa shape index (κ3) is 4.82. The molecule has 0 spiro atoms. The lowest BCUT2D eigenvalue weighted by Crippen LogP contribution is -2.43. The average Bonchev–Trinajstić information content (AvgIpc) is 2.97. The fourth-order valence-corrected chi connectivity index (χ4v) is 2.73. The zero-order valence-corrected chi connectivity index (χ0v) is 11.9. The minimum atomic E-state index is -4.39. The van der Waals surface area contributed by atoms with Crippen molar-refractivity contribution in [3.63, 3.8) is 0 Å². The maximum Gasteiger partial charge on any atom is 0.416 e. The lowest BCUT2D eigenvalue weighted by Gasteiger charge is -2.12. The highest BCUT2D eigenvalue weighted by Gasteiger charge is 2.30. The van der Waals surface area contributed by atoms with Crippen LogP contribution in [0.3, 0.4) is 0 Å². The van der Waals surface area contributed by atoms with E-state index in [0.717, 1.165) is 23.8 Å². The molecule has 1 fully saturated rings. The summed E-state index contributed by atoms with van der Waals surface area (Å²) in [4.78, 5) is 11.7. The molecule has 1 aliphatic heterocycles. The van der Waals surface area contributed by atoms with Crippen molar-refractivity contribution < 1.29 is 22.7 Å². The lowest BCUT2D eigenvalue weighted by atomic mass is 10.2. The number of hydrogen-bond acceptors (Lipinski definition) is 4. The van der Waals surface area contributed by atoms with Gasteiger partial charge in [-0.05, 0) is 18.2 Å². The van der Waals surface area contributed by atoms with E-state index in [1.54, 1.807) is 11.8 Å². The van der Waals surface area contributed by atoms with Crippen LogP contribution in [0.1, 0.15) is 5.56 Å². The number of amides is 1. The normalized spacial score (nSPS) is 18.5. The molecule has 1 atom stereocenters. The van der Waals surface area contributed by atoms with E-state index >= 15 is 0 Å². The van der Waals surface area contributed by atoms with Crippen LogP contribution in [0.5, 0.6) is 5.75 Å². The Morgan fingerprint density at radius 3 is 2.95 bits per heavy atom. The Bertz CT molecular complexity index is 491. The van der Waals surface area contributed by atoms with Gasteiger partial charge >= 0.3 is 6.18 Å². The van der Waals surface area contributed by atoms with Gasteiger partial charge in [0.15, 0.2) is 0 Å². The number of thioether (sulfide) groups is 1. The van der Waals surface area contributed by atoms with E-state index in [1.165, 1.54) is 12.1 Å². The van der Waals surface area contributed by atoms with Gasteiger partial charge in [-0.3, -0.25) is 10.1 Å². The molecule has 2 rings (SSSR count). The van der Waals surface area contributed by atoms with E-state index in [1.807, 2.05) is 0 Å². The van der Waals surface area contributed by atoms with Gasteiger partial charge in [-0.25, -0.2) is 0 Å². The minimum absolute atomic E-state index is 0.118. The smallest absolute Gasteiger partial charge is 0.416 e. The first-order chi connectivity index (χ1) is 9.97. The van der Waals surface area contributed by atoms with E-state index in [-0.39, 0.29) is 30.9 Å². The first-order valence-electron chi connectivity index (χ1n) is 6.36. The maximum absolute atomic E-state index is 12.5. The fourth-order valence-electron chi connectivity index (χ4n) is 1.79. The molecular formula is C13H15F3N2O2S. The van der Waals surface area contributed by atoms with Gasteiger partial charge in [0.25, 0.3) is 0 Å². The summed E-state index contributed by atoms with van der Waals surface area (Å²) in [7, 11) is 0. The van der Waals surface area contributed by atoms with E-state index in [2.05, 4.69) is 10.6 Å². The zero-order valence-electron chi connectivity index (χ0n) is 11.1. The first-order valence-corrected chi connectivity index (χ1v) is 7.51. The zero-order chi connectivity index (χ0) is 15.3. The van der Waals surface area contributed by atoms with Crippen LogP contribution in [0.15, 0.2) is 24.3 Å². The molecule has 1 aromatic rings. The molecule has 21 heavy (non-hydrogen) atoms. The van der Waals surface area contributed by atoms with Crippen molar-refractivity contribution in [2.45, 2.75) is 12.2 Å². The summed E-state index contributed by atoms with van der Waals surface area (Å²) in [5, 5.41) is 5.70. The topological polar surface area (TPSA) is 50.4 Å². The van der Waals surface area contributed by atoms with Gasteiger partial charge in [-0.2, -0.15) is 13.2 Å². The van der Waals surface area contributed by atoms with Crippen LogP contribution in [-0.4, -0.2) is 36.7 Å². The van der Waals surface area contributed by atoms with Crippen molar-refractivity contribution in [1.29, 1.82) is 0 Å². The molecule has 0 saturated carbocycles. The minimum Gasteiger partial charge on any atom is -0.492 e. The molecule has 0 aliphatic carbocycles. The van der Waals surface area contributed by atoms with Crippen molar-refractivity contribution >= 4 is 17.7 Å². The van der Waals surface area contributed by atoms with Crippen LogP contribution in [0.2, 0.25) is 0 Å². The number of ether oxygens (including phenoxy) is 1. The summed E-state index contributed by atoms with van der Waals surface area (Å²) >= 11 is 1.64. The fraction of sp³-hybridized carbons (Fsp3) is 0.462. The highest BCUT2D eigenvalue weighted by Crippen LogP contribution is 2.31. The maximum atomic E-state index is 12.5. The standard InChI is InChI=1S/C13H15F3N2O2S/c14-13(15,16)9-2-1-3-10(6-9)20-5-4-17-12(19)11-7-21-8-18-11/h1-3,6,11,18H,4-5,7-8H2,(H,17,19). The van der Waals surface area contributed by atoms with Crippen LogP contribution in [-0.2, 0) is 11.0 Å². The predicted molar refractivity (Wildman–Crippen MR) is 74.2 cm³/mol. The second kappa shape index (κ2) is 7.04. The summed E-state index contributed by atoms with van der Waals surface area (Å²) in [5.41, 5.74) is -0.754. The van der Waals surface area contributed by atoms with Gasteiger partial charge in [0.1, 0.15) is 12.4 Å². The third-order valence-corrected chi connectivity index (χ3v) is 3.80. The van der Waals surface area contributed by atoms with Crippen molar-refractivity contribution in [3.05, 3.63) is 29.8 Å². The molecule has 1 saturated heterocycles. The SMILES string of the molecule is O=C(NCCOc1cccc(C(F)(F)F)c1)C1CSCN1. The molecule has 0 bridgehead atoms. The van der Waals surface area contributed by atoms with Gasteiger partial charge in [0.05, 0.1) is 18.2 Å². The molecule has 1 aliphatic rings. The molecular weight excluding hydrogens is 305 g/mol. The molecule has 1 amide bonds. The van der Waals surface area contributed by atoms with Crippen LogP contribution in [0, 0.1) is 0 Å². The number of carbonyl (C=O) groups excluding carboxylic acids is 1. The van der Waals surface area contributed by atoms with Crippen molar-refractivity contribution in [2.24, 2.45) is 0 Å². The molecule has 8 heteroatoms. The quantitative estimate of drug-likeness (QED) is 0.813. The van der Waals surface area contributed by atoms with Crippen molar-refractivity contribution in [3.8, 4) is 5.75 Å². The molecule has 1 heterocycles. The van der Waals surface area contributed by atoms with E-state index in [4.69, 9.17) is 4.74 Å². The molecule has 2 N–H and O–H groups in total. The summed E-state index contributed by atoms with van der Waals surface area (Å²) < 4.78 is 42.8. The third-order valence-electron chi connectivity index (χ3n) is 2.86. The number of nitrogens with one attached hydrogen (secondary N) is 2. The second-order valence-electron chi connectivity index (χ2n) is 4.44. The Kier molecular flexibility index (Phi) is 5.35. The van der Waals surface area contributed by atoms with E-state index < -0.39 is 11.7 Å². The first kappa shape index (κ1) is 16.0. The van der Waals surface area contributed by atoms with Crippen LogP contribution >= 0.6 is 11.8 Å². The Morgan fingerprint density at radius 1 is 1.48 bits per heavy atom. The summed E-state index contributed by atoms with van der Waals surface area (Å²) in [5.74, 6) is 1.49.